The van der Waals surface area contributed by atoms with Gasteiger partial charge >= 0.3 is 0 Å². The number of anilines is 1. The fraction of sp³-hybridized carbons (Fsp3) is 0.350. The van der Waals surface area contributed by atoms with E-state index in [1.807, 2.05) is 24.7 Å². The Bertz CT molecular complexity index is 835. The monoisotopic (exact) mass is 333 g/mol. The summed E-state index contributed by atoms with van der Waals surface area (Å²) in [5.41, 5.74) is 3.48. The van der Waals surface area contributed by atoms with Gasteiger partial charge in [-0.25, -0.2) is 9.97 Å². The van der Waals surface area contributed by atoms with Crippen LogP contribution in [0.25, 0.3) is 10.9 Å². The highest BCUT2D eigenvalue weighted by molar-refractivity contribution is 5.81. The average Bonchev–Trinajstić information content (AvgIpc) is 3.17. The van der Waals surface area contributed by atoms with Crippen LogP contribution >= 0.6 is 0 Å². The number of fused-ring (bicyclic) bond motifs is 1. The van der Waals surface area contributed by atoms with Gasteiger partial charge in [0, 0.05) is 55.7 Å². The Hall–Kier alpha value is -2.53. The molecule has 1 fully saturated rings. The quantitative estimate of drug-likeness (QED) is 0.717. The number of benzene rings is 1. The van der Waals surface area contributed by atoms with E-state index in [-0.39, 0.29) is 0 Å². The van der Waals surface area contributed by atoms with Crippen molar-refractivity contribution >= 4 is 16.9 Å². The van der Waals surface area contributed by atoms with Gasteiger partial charge in [0.15, 0.2) is 0 Å². The van der Waals surface area contributed by atoms with Gasteiger partial charge in [0.25, 0.3) is 0 Å². The van der Waals surface area contributed by atoms with Gasteiger partial charge in [-0.15, -0.1) is 0 Å². The van der Waals surface area contributed by atoms with Crippen LogP contribution in [0.3, 0.4) is 0 Å². The normalized spacial score (nSPS) is 14.6. The molecule has 0 bridgehead atoms. The van der Waals surface area contributed by atoms with Crippen LogP contribution in [0.5, 0.6) is 0 Å². The summed E-state index contributed by atoms with van der Waals surface area (Å²) in [5, 5.41) is 1.22. The van der Waals surface area contributed by atoms with E-state index in [9.17, 15) is 0 Å². The molecule has 5 heteroatoms. The molecule has 0 radical (unpaired) electrons. The van der Waals surface area contributed by atoms with Crippen molar-refractivity contribution in [3.63, 3.8) is 0 Å². The molecule has 0 atom stereocenters. The first-order chi connectivity index (χ1) is 12.3. The zero-order valence-electron chi connectivity index (χ0n) is 14.6. The van der Waals surface area contributed by atoms with Gasteiger partial charge in [-0.2, -0.15) is 0 Å². The molecule has 3 aromatic rings. The SMILES string of the molecule is CN(Cc1cnc(N2CCCC2)nc1)Cc1cccc2ncccc12. The Morgan fingerprint density at radius 3 is 2.56 bits per heavy atom. The molecule has 2 aromatic heterocycles. The predicted molar refractivity (Wildman–Crippen MR) is 100 cm³/mol. The van der Waals surface area contributed by atoms with Gasteiger partial charge in [-0.1, -0.05) is 18.2 Å². The van der Waals surface area contributed by atoms with Crippen LogP contribution in [0.4, 0.5) is 5.95 Å². The lowest BCUT2D eigenvalue weighted by Crippen LogP contribution is -2.21. The molecular weight excluding hydrogens is 310 g/mol. The van der Waals surface area contributed by atoms with Crippen LogP contribution < -0.4 is 4.90 Å². The fourth-order valence-electron chi connectivity index (χ4n) is 3.47. The van der Waals surface area contributed by atoms with Crippen molar-refractivity contribution in [1.82, 2.24) is 19.9 Å². The molecule has 25 heavy (non-hydrogen) atoms. The van der Waals surface area contributed by atoms with Crippen molar-refractivity contribution < 1.29 is 0 Å². The minimum Gasteiger partial charge on any atom is -0.341 e. The van der Waals surface area contributed by atoms with E-state index >= 15 is 0 Å². The van der Waals surface area contributed by atoms with Crippen molar-refractivity contribution in [3.05, 3.63) is 60.0 Å². The third kappa shape index (κ3) is 3.61. The molecule has 0 spiro atoms. The molecule has 3 heterocycles. The van der Waals surface area contributed by atoms with Crippen LogP contribution in [0.1, 0.15) is 24.0 Å². The van der Waals surface area contributed by atoms with Crippen LogP contribution in [-0.4, -0.2) is 40.0 Å². The Kier molecular flexibility index (Phi) is 4.57. The van der Waals surface area contributed by atoms with E-state index in [0.717, 1.165) is 43.2 Å². The van der Waals surface area contributed by atoms with Gasteiger partial charge in [0.1, 0.15) is 0 Å². The van der Waals surface area contributed by atoms with Crippen molar-refractivity contribution in [3.8, 4) is 0 Å². The number of aromatic nitrogens is 3. The van der Waals surface area contributed by atoms with Gasteiger partial charge in [-0.3, -0.25) is 9.88 Å². The lowest BCUT2D eigenvalue weighted by atomic mass is 10.1. The Morgan fingerprint density at radius 2 is 1.76 bits per heavy atom. The summed E-state index contributed by atoms with van der Waals surface area (Å²) in [6, 6.07) is 10.4. The minimum atomic E-state index is 0.830. The molecule has 1 aliphatic rings. The summed E-state index contributed by atoms with van der Waals surface area (Å²) in [7, 11) is 2.13. The fourth-order valence-corrected chi connectivity index (χ4v) is 3.47. The molecule has 0 unspecified atom stereocenters. The highest BCUT2D eigenvalue weighted by Gasteiger charge is 2.14. The number of hydrogen-bond acceptors (Lipinski definition) is 5. The van der Waals surface area contributed by atoms with Crippen LogP contribution in [0, 0.1) is 0 Å². The second kappa shape index (κ2) is 7.15. The molecule has 4 rings (SSSR count). The molecule has 5 nitrogen and oxygen atoms in total. The number of nitrogens with zero attached hydrogens (tertiary/aromatic N) is 5. The third-order valence-electron chi connectivity index (χ3n) is 4.71. The van der Waals surface area contributed by atoms with Crippen LogP contribution in [-0.2, 0) is 13.1 Å². The summed E-state index contributed by atoms with van der Waals surface area (Å²) in [6.07, 6.45) is 8.25. The lowest BCUT2D eigenvalue weighted by molar-refractivity contribution is 0.319. The maximum atomic E-state index is 4.55. The van der Waals surface area contributed by atoms with E-state index in [1.54, 1.807) is 0 Å². The Balaban J connectivity index is 1.43. The van der Waals surface area contributed by atoms with Gasteiger partial charge in [-0.05, 0) is 37.6 Å². The average molecular weight is 333 g/mol. The van der Waals surface area contributed by atoms with Crippen molar-refractivity contribution in [2.24, 2.45) is 0 Å². The second-order valence-electron chi connectivity index (χ2n) is 6.74. The molecule has 1 aromatic carbocycles. The Labute approximate surface area is 148 Å². The molecule has 1 aliphatic heterocycles. The zero-order valence-corrected chi connectivity index (χ0v) is 14.6. The summed E-state index contributed by atoms with van der Waals surface area (Å²) in [6.45, 7) is 3.86. The summed E-state index contributed by atoms with van der Waals surface area (Å²) < 4.78 is 0. The molecule has 0 aliphatic carbocycles. The van der Waals surface area contributed by atoms with E-state index in [4.69, 9.17) is 0 Å². The molecule has 128 valence electrons. The third-order valence-corrected chi connectivity index (χ3v) is 4.71. The van der Waals surface area contributed by atoms with Crippen molar-refractivity contribution in [2.45, 2.75) is 25.9 Å². The Morgan fingerprint density at radius 1 is 0.960 bits per heavy atom. The predicted octanol–water partition coefficient (Wildman–Crippen LogP) is 3.26. The van der Waals surface area contributed by atoms with Crippen LogP contribution in [0.2, 0.25) is 0 Å². The van der Waals surface area contributed by atoms with Gasteiger partial charge in [0.2, 0.25) is 5.95 Å². The molecule has 0 saturated carbocycles. The first-order valence-electron chi connectivity index (χ1n) is 8.86. The highest BCUT2D eigenvalue weighted by atomic mass is 15.3. The first kappa shape index (κ1) is 16.0. The summed E-state index contributed by atoms with van der Waals surface area (Å²) in [4.78, 5) is 18.1. The standard InChI is InChI=1S/C20H23N5/c1-24(15-17-6-4-8-19-18(17)7-5-9-21-19)14-16-12-22-20(23-13-16)25-10-2-3-11-25/h4-9,12-13H,2-3,10-11,14-15H2,1H3. The number of pyridine rings is 1. The largest absolute Gasteiger partial charge is 0.341 e. The maximum absolute atomic E-state index is 4.55. The van der Waals surface area contributed by atoms with E-state index in [1.165, 1.54) is 23.8 Å². The van der Waals surface area contributed by atoms with Crippen molar-refractivity contribution in [1.29, 1.82) is 0 Å². The highest BCUT2D eigenvalue weighted by Crippen LogP contribution is 2.19. The summed E-state index contributed by atoms with van der Waals surface area (Å²) >= 11 is 0. The zero-order chi connectivity index (χ0) is 17.1. The second-order valence-corrected chi connectivity index (χ2v) is 6.74. The first-order valence-corrected chi connectivity index (χ1v) is 8.86. The van der Waals surface area contributed by atoms with Gasteiger partial charge < -0.3 is 4.90 Å². The van der Waals surface area contributed by atoms with E-state index in [0.29, 0.717) is 0 Å². The molecule has 0 N–H and O–H groups in total. The molecule has 0 amide bonds. The lowest BCUT2D eigenvalue weighted by Gasteiger charge is -2.19. The summed E-state index contributed by atoms with van der Waals surface area (Å²) in [5.74, 6) is 0.865. The number of hydrogen-bond donors (Lipinski definition) is 0. The number of rotatable bonds is 5. The molecular formula is C20H23N5. The topological polar surface area (TPSA) is 45.2 Å². The van der Waals surface area contributed by atoms with Gasteiger partial charge in [0.05, 0.1) is 5.52 Å². The van der Waals surface area contributed by atoms with Crippen LogP contribution in [0.15, 0.2) is 48.9 Å². The van der Waals surface area contributed by atoms with E-state index < -0.39 is 0 Å². The maximum Gasteiger partial charge on any atom is 0.225 e. The van der Waals surface area contributed by atoms with E-state index in [2.05, 4.69) is 56.1 Å². The molecule has 1 saturated heterocycles. The van der Waals surface area contributed by atoms with Crippen molar-refractivity contribution in [2.75, 3.05) is 25.0 Å². The minimum absolute atomic E-state index is 0.830. The smallest absolute Gasteiger partial charge is 0.225 e.